The van der Waals surface area contributed by atoms with E-state index in [2.05, 4.69) is 40.1 Å². The van der Waals surface area contributed by atoms with Crippen molar-refractivity contribution in [3.63, 3.8) is 0 Å². The van der Waals surface area contributed by atoms with E-state index in [9.17, 15) is 4.79 Å². The molecule has 168 valence electrons. The van der Waals surface area contributed by atoms with Gasteiger partial charge < -0.3 is 9.64 Å². The van der Waals surface area contributed by atoms with Gasteiger partial charge in [-0.3, -0.25) is 14.8 Å². The Hall–Kier alpha value is -3.54. The van der Waals surface area contributed by atoms with Gasteiger partial charge in [-0.1, -0.05) is 25.2 Å². The molecule has 1 saturated carbocycles. The van der Waals surface area contributed by atoms with Gasteiger partial charge in [0.25, 0.3) is 5.91 Å². The van der Waals surface area contributed by atoms with Crippen LogP contribution in [0.5, 0.6) is 5.75 Å². The van der Waals surface area contributed by atoms with Gasteiger partial charge in [-0.05, 0) is 55.0 Å². The van der Waals surface area contributed by atoms with Crippen LogP contribution in [0, 0.1) is 11.8 Å². The molecule has 1 aromatic heterocycles. The Labute approximate surface area is 194 Å². The van der Waals surface area contributed by atoms with Crippen molar-refractivity contribution in [1.82, 2.24) is 14.9 Å². The number of aromatic nitrogens is 2. The normalized spacial score (nSPS) is 18.8. The van der Waals surface area contributed by atoms with Gasteiger partial charge in [0.2, 0.25) is 0 Å². The lowest BCUT2D eigenvalue weighted by Crippen LogP contribution is -2.35. The predicted molar refractivity (Wildman–Crippen MR) is 129 cm³/mol. The number of carbonyl (C=O) groups is 1. The first-order chi connectivity index (χ1) is 16.1. The number of allylic oxidation sites excluding steroid dienone is 4. The Morgan fingerprint density at radius 1 is 1.15 bits per heavy atom. The van der Waals surface area contributed by atoms with Crippen molar-refractivity contribution in [3.8, 4) is 17.0 Å². The number of amides is 1. The fourth-order valence-corrected chi connectivity index (χ4v) is 4.36. The minimum Gasteiger partial charge on any atom is -0.497 e. The highest BCUT2D eigenvalue weighted by Crippen LogP contribution is 2.33. The van der Waals surface area contributed by atoms with Crippen LogP contribution in [0.3, 0.4) is 0 Å². The van der Waals surface area contributed by atoms with Crippen molar-refractivity contribution in [2.24, 2.45) is 16.8 Å². The second kappa shape index (κ2) is 9.14. The minimum atomic E-state index is -0.0635. The summed E-state index contributed by atoms with van der Waals surface area (Å²) in [5.74, 6) is 1.61. The minimum absolute atomic E-state index is 0.0635. The van der Waals surface area contributed by atoms with Crippen LogP contribution in [0.2, 0.25) is 0 Å². The molecule has 2 aliphatic carbocycles. The average Bonchev–Trinajstić information content (AvgIpc) is 3.58. The van der Waals surface area contributed by atoms with Crippen LogP contribution >= 0.6 is 0 Å². The predicted octanol–water partition coefficient (Wildman–Crippen LogP) is 4.87. The lowest BCUT2D eigenvalue weighted by molar-refractivity contribution is 0.0744. The zero-order chi connectivity index (χ0) is 22.8. The Morgan fingerprint density at radius 2 is 1.94 bits per heavy atom. The molecule has 0 bridgehead atoms. The maximum absolute atomic E-state index is 13.7. The number of hydrogen-bond acceptors (Lipinski definition) is 5. The molecule has 0 spiro atoms. The molecule has 0 N–H and O–H groups in total. The van der Waals surface area contributed by atoms with Crippen molar-refractivity contribution >= 4 is 11.6 Å². The van der Waals surface area contributed by atoms with E-state index < -0.39 is 0 Å². The molecule has 2 aromatic rings. The fourth-order valence-electron chi connectivity index (χ4n) is 4.36. The molecular formula is C27H28N4O2. The summed E-state index contributed by atoms with van der Waals surface area (Å²) in [5, 5.41) is 0. The molecule has 33 heavy (non-hydrogen) atoms. The monoisotopic (exact) mass is 440 g/mol. The zero-order valence-electron chi connectivity index (χ0n) is 19.1. The Kier molecular flexibility index (Phi) is 5.90. The number of hydrogen-bond donors (Lipinski definition) is 0. The fraction of sp³-hybridized carbons (Fsp3) is 0.333. The molecule has 6 heteroatoms. The lowest BCUT2D eigenvalue weighted by Gasteiger charge is -2.24. The topological polar surface area (TPSA) is 67.7 Å². The van der Waals surface area contributed by atoms with Crippen LogP contribution in [0.4, 0.5) is 0 Å². The Balaban J connectivity index is 1.36. The van der Waals surface area contributed by atoms with Crippen LogP contribution in [0.1, 0.15) is 36.7 Å². The number of ether oxygens (including phenoxy) is 1. The van der Waals surface area contributed by atoms with Crippen LogP contribution in [-0.4, -0.2) is 46.7 Å². The highest BCUT2D eigenvalue weighted by molar-refractivity contribution is 6.09. The highest BCUT2D eigenvalue weighted by Gasteiger charge is 2.30. The molecule has 3 aliphatic rings. The van der Waals surface area contributed by atoms with Crippen molar-refractivity contribution in [2.45, 2.75) is 26.2 Å². The van der Waals surface area contributed by atoms with E-state index in [0.29, 0.717) is 29.8 Å². The molecule has 1 atom stereocenters. The van der Waals surface area contributed by atoms with Crippen molar-refractivity contribution in [1.29, 1.82) is 0 Å². The van der Waals surface area contributed by atoms with Crippen LogP contribution < -0.4 is 4.74 Å². The second-order valence-electron chi connectivity index (χ2n) is 8.85. The molecule has 0 radical (unpaired) electrons. The Bertz CT molecular complexity index is 1170. The van der Waals surface area contributed by atoms with Crippen molar-refractivity contribution < 1.29 is 9.53 Å². The summed E-state index contributed by atoms with van der Waals surface area (Å²) < 4.78 is 5.26. The smallest absolute Gasteiger partial charge is 0.274 e. The third-order valence-corrected chi connectivity index (χ3v) is 6.45. The third kappa shape index (κ3) is 4.51. The first kappa shape index (κ1) is 21.3. The molecule has 5 rings (SSSR count). The highest BCUT2D eigenvalue weighted by atomic mass is 16.5. The Morgan fingerprint density at radius 3 is 2.70 bits per heavy atom. The largest absolute Gasteiger partial charge is 0.497 e. The van der Waals surface area contributed by atoms with E-state index in [1.54, 1.807) is 19.5 Å². The van der Waals surface area contributed by atoms with Crippen LogP contribution in [-0.2, 0) is 0 Å². The maximum atomic E-state index is 13.7. The summed E-state index contributed by atoms with van der Waals surface area (Å²) in [6.45, 7) is 3.56. The third-order valence-electron chi connectivity index (χ3n) is 6.45. The molecule has 6 nitrogen and oxygen atoms in total. The van der Waals surface area contributed by atoms with E-state index in [0.717, 1.165) is 30.0 Å². The van der Waals surface area contributed by atoms with Gasteiger partial charge in [0.1, 0.15) is 11.4 Å². The van der Waals surface area contributed by atoms with E-state index in [-0.39, 0.29) is 5.91 Å². The summed E-state index contributed by atoms with van der Waals surface area (Å²) in [5.41, 5.74) is 5.39. The number of nitrogens with zero attached hydrogens (tertiary/aromatic N) is 4. The van der Waals surface area contributed by atoms with Crippen molar-refractivity contribution in [2.75, 3.05) is 20.2 Å². The SMILES string of the molecule is COc1ccc(-c2nccnc2C(=O)N(CCC2=CN=C3C2=CC=CC3C)CC2CC2)cc1. The quantitative estimate of drug-likeness (QED) is 0.588. The molecule has 1 fully saturated rings. The summed E-state index contributed by atoms with van der Waals surface area (Å²) >= 11 is 0. The van der Waals surface area contributed by atoms with Gasteiger partial charge in [0.15, 0.2) is 5.69 Å². The van der Waals surface area contributed by atoms with Gasteiger partial charge >= 0.3 is 0 Å². The van der Waals surface area contributed by atoms with E-state index in [1.807, 2.05) is 35.4 Å². The number of fused-ring (bicyclic) bond motifs is 1. The van der Waals surface area contributed by atoms with Gasteiger partial charge in [-0.15, -0.1) is 0 Å². The van der Waals surface area contributed by atoms with Gasteiger partial charge in [0.05, 0.1) is 12.8 Å². The standard InChI is InChI=1S/C27H28N4O2/c1-18-4-3-5-23-21(16-30-24(18)23)12-15-31(17-19-6-7-19)27(32)26-25(28-13-14-29-26)20-8-10-22(33-2)11-9-20/h3-5,8-11,13-14,16,18-19H,6-7,12,15,17H2,1-2H3. The first-order valence-corrected chi connectivity index (χ1v) is 11.5. The van der Waals surface area contributed by atoms with Gasteiger partial charge in [-0.25, -0.2) is 4.98 Å². The zero-order valence-corrected chi connectivity index (χ0v) is 19.1. The summed E-state index contributed by atoms with van der Waals surface area (Å²) in [7, 11) is 1.64. The number of rotatable bonds is 8. The summed E-state index contributed by atoms with van der Waals surface area (Å²) in [6, 6.07) is 7.57. The lowest BCUT2D eigenvalue weighted by atomic mass is 9.89. The average molecular weight is 441 g/mol. The van der Waals surface area contributed by atoms with E-state index in [4.69, 9.17) is 4.74 Å². The summed E-state index contributed by atoms with van der Waals surface area (Å²) in [4.78, 5) is 29.2. The van der Waals surface area contributed by atoms with Gasteiger partial charge in [0, 0.05) is 48.7 Å². The van der Waals surface area contributed by atoms with Crippen molar-refractivity contribution in [3.05, 3.63) is 77.9 Å². The molecule has 2 heterocycles. The molecule has 1 amide bonds. The number of aliphatic imine (C=N–C) groups is 1. The molecular weight excluding hydrogens is 412 g/mol. The first-order valence-electron chi connectivity index (χ1n) is 11.5. The van der Waals surface area contributed by atoms with Crippen LogP contribution in [0.25, 0.3) is 11.3 Å². The molecule has 1 aromatic carbocycles. The number of methoxy groups -OCH3 is 1. The maximum Gasteiger partial charge on any atom is 0.274 e. The molecule has 1 unspecified atom stereocenters. The van der Waals surface area contributed by atoms with Gasteiger partial charge in [-0.2, -0.15) is 0 Å². The number of carbonyl (C=O) groups excluding carboxylic acids is 1. The van der Waals surface area contributed by atoms with E-state index in [1.165, 1.54) is 24.0 Å². The molecule has 1 aliphatic heterocycles. The van der Waals surface area contributed by atoms with E-state index >= 15 is 0 Å². The number of benzene rings is 1. The summed E-state index contributed by atoms with van der Waals surface area (Å²) in [6.07, 6.45) is 14.7. The molecule has 0 saturated heterocycles. The van der Waals surface area contributed by atoms with Crippen LogP contribution in [0.15, 0.2) is 77.2 Å². The second-order valence-corrected chi connectivity index (χ2v) is 8.85.